The molecule has 1 aromatic carbocycles. The first-order valence-electron chi connectivity index (χ1n) is 4.80. The maximum atomic E-state index is 9.86. The second-order valence-corrected chi connectivity index (χ2v) is 3.98. The number of nitrogens with zero attached hydrogens (tertiary/aromatic N) is 1. The van der Waals surface area contributed by atoms with E-state index in [0.717, 1.165) is 11.1 Å². The van der Waals surface area contributed by atoms with E-state index in [1.165, 1.54) is 6.26 Å². The lowest BCUT2D eigenvalue weighted by Gasteiger charge is -2.17. The molecule has 1 heterocycles. The van der Waals surface area contributed by atoms with Crippen LogP contribution in [0.2, 0.25) is 0 Å². The second kappa shape index (κ2) is 3.51. The standard InChI is InChI=1S/C12H13NO2/c1-12(2,14)10-5-3-4-9(8-10)11-13-6-7-15-11/h3-8,14H,1-2H3. The number of oxazole rings is 1. The summed E-state index contributed by atoms with van der Waals surface area (Å²) in [5, 5.41) is 9.86. The monoisotopic (exact) mass is 203 g/mol. The van der Waals surface area contributed by atoms with Crippen LogP contribution in [0.25, 0.3) is 11.5 Å². The molecule has 0 aliphatic rings. The van der Waals surface area contributed by atoms with Crippen LogP contribution in [0.1, 0.15) is 19.4 Å². The van der Waals surface area contributed by atoms with E-state index in [2.05, 4.69) is 4.98 Å². The fourth-order valence-electron chi connectivity index (χ4n) is 1.40. The predicted molar refractivity (Wildman–Crippen MR) is 57.2 cm³/mol. The topological polar surface area (TPSA) is 46.3 Å². The molecule has 0 unspecified atom stereocenters. The summed E-state index contributed by atoms with van der Waals surface area (Å²) in [5.74, 6) is 0.570. The number of hydrogen-bond donors (Lipinski definition) is 1. The molecule has 0 bridgehead atoms. The van der Waals surface area contributed by atoms with E-state index in [0.29, 0.717) is 5.89 Å². The summed E-state index contributed by atoms with van der Waals surface area (Å²) in [7, 11) is 0. The van der Waals surface area contributed by atoms with Gasteiger partial charge < -0.3 is 9.52 Å². The fraction of sp³-hybridized carbons (Fsp3) is 0.250. The van der Waals surface area contributed by atoms with E-state index >= 15 is 0 Å². The minimum atomic E-state index is -0.845. The predicted octanol–water partition coefficient (Wildman–Crippen LogP) is 2.57. The maximum Gasteiger partial charge on any atom is 0.225 e. The van der Waals surface area contributed by atoms with Gasteiger partial charge in [-0.2, -0.15) is 0 Å². The minimum absolute atomic E-state index is 0.570. The molecule has 0 radical (unpaired) electrons. The van der Waals surface area contributed by atoms with Crippen molar-refractivity contribution in [1.82, 2.24) is 4.98 Å². The Morgan fingerprint density at radius 3 is 2.73 bits per heavy atom. The molecule has 0 atom stereocenters. The molecule has 0 aliphatic heterocycles. The summed E-state index contributed by atoms with van der Waals surface area (Å²) >= 11 is 0. The van der Waals surface area contributed by atoms with E-state index < -0.39 is 5.60 Å². The highest BCUT2D eigenvalue weighted by Crippen LogP contribution is 2.24. The Balaban J connectivity index is 2.44. The minimum Gasteiger partial charge on any atom is -0.445 e. The highest BCUT2D eigenvalue weighted by atomic mass is 16.3. The van der Waals surface area contributed by atoms with Gasteiger partial charge >= 0.3 is 0 Å². The van der Waals surface area contributed by atoms with Crippen molar-refractivity contribution >= 4 is 0 Å². The molecule has 78 valence electrons. The molecular formula is C12H13NO2. The molecule has 1 N–H and O–H groups in total. The van der Waals surface area contributed by atoms with Crippen LogP contribution < -0.4 is 0 Å². The SMILES string of the molecule is CC(C)(O)c1cccc(-c2ncco2)c1. The van der Waals surface area contributed by atoms with Crippen LogP contribution in [0.15, 0.2) is 41.1 Å². The van der Waals surface area contributed by atoms with Crippen LogP contribution in [0.5, 0.6) is 0 Å². The number of hydrogen-bond acceptors (Lipinski definition) is 3. The second-order valence-electron chi connectivity index (χ2n) is 3.98. The van der Waals surface area contributed by atoms with Crippen molar-refractivity contribution in [2.75, 3.05) is 0 Å². The molecule has 3 heteroatoms. The summed E-state index contributed by atoms with van der Waals surface area (Å²) in [4.78, 5) is 4.06. The lowest BCUT2D eigenvalue weighted by Crippen LogP contribution is -2.15. The smallest absolute Gasteiger partial charge is 0.225 e. The fourth-order valence-corrected chi connectivity index (χ4v) is 1.40. The third kappa shape index (κ3) is 2.07. The summed E-state index contributed by atoms with van der Waals surface area (Å²) < 4.78 is 5.19. The summed E-state index contributed by atoms with van der Waals surface area (Å²) in [6.07, 6.45) is 3.14. The van der Waals surface area contributed by atoms with Crippen molar-refractivity contribution in [2.24, 2.45) is 0 Å². The Hall–Kier alpha value is -1.61. The van der Waals surface area contributed by atoms with Gasteiger partial charge in [0.15, 0.2) is 0 Å². The van der Waals surface area contributed by atoms with Crippen LogP contribution in [-0.2, 0) is 5.60 Å². The van der Waals surface area contributed by atoms with Gasteiger partial charge in [0.05, 0.1) is 11.8 Å². The molecule has 3 nitrogen and oxygen atoms in total. The zero-order valence-corrected chi connectivity index (χ0v) is 8.77. The zero-order valence-electron chi connectivity index (χ0n) is 8.77. The lowest BCUT2D eigenvalue weighted by molar-refractivity contribution is 0.0786. The normalized spacial score (nSPS) is 11.7. The van der Waals surface area contributed by atoms with Crippen molar-refractivity contribution in [3.05, 3.63) is 42.3 Å². The van der Waals surface area contributed by atoms with E-state index in [1.807, 2.05) is 24.3 Å². The van der Waals surface area contributed by atoms with Crippen molar-refractivity contribution in [3.8, 4) is 11.5 Å². The van der Waals surface area contributed by atoms with Crippen LogP contribution in [0, 0.1) is 0 Å². The Morgan fingerprint density at radius 2 is 2.13 bits per heavy atom. The summed E-state index contributed by atoms with van der Waals surface area (Å²) in [6, 6.07) is 7.55. The number of rotatable bonds is 2. The Kier molecular flexibility index (Phi) is 2.32. The highest BCUT2D eigenvalue weighted by molar-refractivity contribution is 5.54. The molecule has 0 saturated carbocycles. The van der Waals surface area contributed by atoms with Crippen LogP contribution in [-0.4, -0.2) is 10.1 Å². The number of aromatic nitrogens is 1. The molecule has 2 rings (SSSR count). The van der Waals surface area contributed by atoms with E-state index in [-0.39, 0.29) is 0 Å². The molecule has 2 aromatic rings. The first kappa shape index (κ1) is 9.93. The van der Waals surface area contributed by atoms with Gasteiger partial charge in [-0.3, -0.25) is 0 Å². The molecule has 0 aliphatic carbocycles. The van der Waals surface area contributed by atoms with Gasteiger partial charge in [0.25, 0.3) is 0 Å². The molecule has 0 spiro atoms. The average molecular weight is 203 g/mol. The van der Waals surface area contributed by atoms with E-state index in [9.17, 15) is 5.11 Å². The van der Waals surface area contributed by atoms with Crippen LogP contribution in [0.4, 0.5) is 0 Å². The van der Waals surface area contributed by atoms with Crippen molar-refractivity contribution in [2.45, 2.75) is 19.4 Å². The molecule has 0 amide bonds. The zero-order chi connectivity index (χ0) is 10.9. The molecule has 0 fully saturated rings. The average Bonchev–Trinajstić information content (AvgIpc) is 2.69. The lowest BCUT2D eigenvalue weighted by atomic mass is 9.96. The number of benzene rings is 1. The first-order chi connectivity index (χ1) is 7.07. The summed E-state index contributed by atoms with van der Waals surface area (Å²) in [6.45, 7) is 3.50. The Labute approximate surface area is 88.4 Å². The largest absolute Gasteiger partial charge is 0.445 e. The highest BCUT2D eigenvalue weighted by Gasteiger charge is 2.16. The van der Waals surface area contributed by atoms with Crippen LogP contribution in [0.3, 0.4) is 0 Å². The van der Waals surface area contributed by atoms with Crippen molar-refractivity contribution < 1.29 is 9.52 Å². The Morgan fingerprint density at radius 1 is 1.33 bits per heavy atom. The van der Waals surface area contributed by atoms with Crippen LogP contribution >= 0.6 is 0 Å². The number of aliphatic hydroxyl groups is 1. The van der Waals surface area contributed by atoms with E-state index in [1.54, 1.807) is 20.0 Å². The molecule has 15 heavy (non-hydrogen) atoms. The molecule has 1 aromatic heterocycles. The maximum absolute atomic E-state index is 9.86. The van der Waals surface area contributed by atoms with Crippen molar-refractivity contribution in [1.29, 1.82) is 0 Å². The van der Waals surface area contributed by atoms with Gasteiger partial charge in [0.1, 0.15) is 6.26 Å². The third-order valence-electron chi connectivity index (χ3n) is 2.25. The van der Waals surface area contributed by atoms with Gasteiger partial charge in [-0.05, 0) is 31.5 Å². The Bertz CT molecular complexity index is 441. The van der Waals surface area contributed by atoms with Gasteiger partial charge in [-0.25, -0.2) is 4.98 Å². The molecule has 0 saturated heterocycles. The summed E-state index contributed by atoms with van der Waals surface area (Å²) in [5.41, 5.74) is 0.876. The van der Waals surface area contributed by atoms with Gasteiger partial charge in [0, 0.05) is 5.56 Å². The van der Waals surface area contributed by atoms with Gasteiger partial charge in [-0.15, -0.1) is 0 Å². The quantitative estimate of drug-likeness (QED) is 0.815. The third-order valence-corrected chi connectivity index (χ3v) is 2.25. The van der Waals surface area contributed by atoms with Gasteiger partial charge in [0.2, 0.25) is 5.89 Å². The van der Waals surface area contributed by atoms with Crippen molar-refractivity contribution in [3.63, 3.8) is 0 Å². The van der Waals surface area contributed by atoms with Gasteiger partial charge in [-0.1, -0.05) is 12.1 Å². The first-order valence-corrected chi connectivity index (χ1v) is 4.80. The molecular weight excluding hydrogens is 190 g/mol. The van der Waals surface area contributed by atoms with E-state index in [4.69, 9.17) is 4.42 Å².